The van der Waals surface area contributed by atoms with Crippen molar-refractivity contribution in [2.45, 2.75) is 25.3 Å². The maximum Gasteiger partial charge on any atom is 0.227 e. The molecule has 0 radical (unpaired) electrons. The van der Waals surface area contributed by atoms with Gasteiger partial charge in [0.15, 0.2) is 0 Å². The van der Waals surface area contributed by atoms with E-state index in [1.54, 1.807) is 0 Å². The largest absolute Gasteiger partial charge is 0.493 e. The Morgan fingerprint density at radius 2 is 2.00 bits per heavy atom. The van der Waals surface area contributed by atoms with Crippen LogP contribution in [0.2, 0.25) is 0 Å². The quantitative estimate of drug-likeness (QED) is 0.847. The number of carbonyl (C=O) groups excluding carboxylic acids is 2. The molecular formula is C17H22N2O3. The average Bonchev–Trinajstić information content (AvgIpc) is 2.82. The van der Waals surface area contributed by atoms with Gasteiger partial charge < -0.3 is 14.5 Å². The zero-order chi connectivity index (χ0) is 15.5. The van der Waals surface area contributed by atoms with Gasteiger partial charge in [-0.2, -0.15) is 0 Å². The summed E-state index contributed by atoms with van der Waals surface area (Å²) >= 11 is 0. The van der Waals surface area contributed by atoms with Crippen LogP contribution in [0.3, 0.4) is 0 Å². The van der Waals surface area contributed by atoms with Crippen LogP contribution >= 0.6 is 0 Å². The van der Waals surface area contributed by atoms with E-state index < -0.39 is 0 Å². The number of nitrogens with zero attached hydrogens (tertiary/aromatic N) is 2. The highest BCUT2D eigenvalue weighted by Gasteiger charge is 2.39. The van der Waals surface area contributed by atoms with Gasteiger partial charge in [0.2, 0.25) is 11.8 Å². The Hall–Kier alpha value is -2.04. The van der Waals surface area contributed by atoms with Crippen molar-refractivity contribution in [1.29, 1.82) is 0 Å². The molecular weight excluding hydrogens is 280 g/mol. The van der Waals surface area contributed by atoms with Crippen LogP contribution < -0.4 is 4.74 Å². The fraction of sp³-hybridized carbons (Fsp3) is 0.529. The lowest BCUT2D eigenvalue weighted by Gasteiger charge is -2.32. The predicted octanol–water partition coefficient (Wildman–Crippen LogP) is 1.53. The molecule has 2 bridgehead atoms. The summed E-state index contributed by atoms with van der Waals surface area (Å²) in [4.78, 5) is 28.2. The Morgan fingerprint density at radius 1 is 1.23 bits per heavy atom. The Kier molecular flexibility index (Phi) is 4.32. The average molecular weight is 302 g/mol. The van der Waals surface area contributed by atoms with Crippen LogP contribution in [0.4, 0.5) is 0 Å². The Balaban J connectivity index is 1.53. The number of likely N-dealkylation sites (N-methyl/N-ethyl adjacent to an activating group) is 1. The predicted molar refractivity (Wildman–Crippen MR) is 82.4 cm³/mol. The number of hydrogen-bond acceptors (Lipinski definition) is 3. The molecule has 3 fully saturated rings. The molecule has 0 unspecified atom stereocenters. The zero-order valence-corrected chi connectivity index (χ0v) is 12.9. The van der Waals surface area contributed by atoms with Crippen LogP contribution in [0.5, 0.6) is 5.75 Å². The third-order valence-corrected chi connectivity index (χ3v) is 4.65. The van der Waals surface area contributed by atoms with Crippen LogP contribution in [0, 0.1) is 5.92 Å². The fourth-order valence-electron chi connectivity index (χ4n) is 3.29. The standard InChI is InChI=1S/C17H22N2O3/c1-18-14-8-7-13(17(18)21)11-19(12-14)16(20)9-10-22-15-5-3-2-4-6-15/h2-6,13-14H,7-12H2,1H3/t13-,14+/m1/s1. The smallest absolute Gasteiger partial charge is 0.227 e. The van der Waals surface area contributed by atoms with Crippen molar-refractivity contribution in [1.82, 2.24) is 9.80 Å². The van der Waals surface area contributed by atoms with Crippen molar-refractivity contribution in [2.75, 3.05) is 26.7 Å². The Bertz CT molecular complexity index is 546. The molecule has 0 spiro atoms. The number of carbonyl (C=O) groups is 2. The van der Waals surface area contributed by atoms with E-state index in [1.165, 1.54) is 0 Å². The number of rotatable bonds is 4. The van der Waals surface area contributed by atoms with E-state index in [1.807, 2.05) is 47.2 Å². The summed E-state index contributed by atoms with van der Waals surface area (Å²) in [6, 6.07) is 9.67. The van der Waals surface area contributed by atoms with Crippen LogP contribution in [0.15, 0.2) is 30.3 Å². The lowest BCUT2D eigenvalue weighted by atomic mass is 9.95. The molecule has 3 heterocycles. The zero-order valence-electron chi connectivity index (χ0n) is 12.9. The van der Waals surface area contributed by atoms with E-state index in [0.717, 1.165) is 18.6 Å². The number of ether oxygens (including phenoxy) is 1. The molecule has 1 aromatic rings. The number of piperidine rings is 1. The SMILES string of the molecule is CN1C(=O)[C@@H]2CC[C@H]1CN(C(=O)CCOc1ccccc1)C2. The molecule has 0 saturated carbocycles. The van der Waals surface area contributed by atoms with Gasteiger partial charge in [-0.3, -0.25) is 9.59 Å². The summed E-state index contributed by atoms with van der Waals surface area (Å²) < 4.78 is 5.59. The summed E-state index contributed by atoms with van der Waals surface area (Å²) in [6.07, 6.45) is 2.25. The van der Waals surface area contributed by atoms with E-state index in [9.17, 15) is 9.59 Å². The minimum Gasteiger partial charge on any atom is -0.493 e. The molecule has 22 heavy (non-hydrogen) atoms. The first kappa shape index (κ1) is 14.9. The first-order valence-electron chi connectivity index (χ1n) is 7.87. The number of fused-ring (bicyclic) bond motifs is 4. The summed E-state index contributed by atoms with van der Waals surface area (Å²) in [7, 11) is 1.85. The molecule has 0 N–H and O–H groups in total. The lowest BCUT2D eigenvalue weighted by Crippen LogP contribution is -2.45. The molecule has 0 aliphatic carbocycles. The molecule has 4 rings (SSSR count). The lowest BCUT2D eigenvalue weighted by molar-refractivity contribution is -0.138. The summed E-state index contributed by atoms with van der Waals surface area (Å²) in [5.74, 6) is 1.02. The number of amides is 2. The first-order valence-corrected chi connectivity index (χ1v) is 7.87. The topological polar surface area (TPSA) is 49.9 Å². The van der Waals surface area contributed by atoms with Gasteiger partial charge in [0.25, 0.3) is 0 Å². The maximum absolute atomic E-state index is 12.4. The fourth-order valence-corrected chi connectivity index (χ4v) is 3.29. The second kappa shape index (κ2) is 6.38. The molecule has 0 aromatic heterocycles. The van der Waals surface area contributed by atoms with Crippen molar-refractivity contribution in [3.63, 3.8) is 0 Å². The van der Waals surface area contributed by atoms with Gasteiger partial charge in [0.1, 0.15) is 5.75 Å². The Labute approximate surface area is 130 Å². The third-order valence-electron chi connectivity index (χ3n) is 4.65. The van der Waals surface area contributed by atoms with Gasteiger partial charge in [0, 0.05) is 26.2 Å². The minimum atomic E-state index is -0.0252. The molecule has 5 nitrogen and oxygen atoms in total. The molecule has 3 aliphatic rings. The van der Waals surface area contributed by atoms with Gasteiger partial charge in [0.05, 0.1) is 18.9 Å². The van der Waals surface area contributed by atoms with Crippen molar-refractivity contribution in [2.24, 2.45) is 5.92 Å². The van der Waals surface area contributed by atoms with Crippen molar-refractivity contribution >= 4 is 11.8 Å². The van der Waals surface area contributed by atoms with Gasteiger partial charge in [-0.1, -0.05) is 18.2 Å². The maximum atomic E-state index is 12.4. The van der Waals surface area contributed by atoms with Gasteiger partial charge in [-0.25, -0.2) is 0 Å². The molecule has 5 heteroatoms. The van der Waals surface area contributed by atoms with Gasteiger partial charge >= 0.3 is 0 Å². The minimum absolute atomic E-state index is 0.0252. The van der Waals surface area contributed by atoms with Crippen LogP contribution in [0.1, 0.15) is 19.3 Å². The first-order chi connectivity index (χ1) is 10.6. The van der Waals surface area contributed by atoms with Crippen LogP contribution in [-0.4, -0.2) is 54.4 Å². The van der Waals surface area contributed by atoms with E-state index in [2.05, 4.69) is 0 Å². The highest BCUT2D eigenvalue weighted by molar-refractivity contribution is 5.83. The second-order valence-electron chi connectivity index (χ2n) is 6.09. The Morgan fingerprint density at radius 3 is 2.77 bits per heavy atom. The molecule has 2 atom stereocenters. The summed E-state index contributed by atoms with van der Waals surface area (Å²) in [5, 5.41) is 0. The van der Waals surface area contributed by atoms with E-state index in [-0.39, 0.29) is 23.8 Å². The van der Waals surface area contributed by atoms with E-state index in [0.29, 0.717) is 26.1 Å². The van der Waals surface area contributed by atoms with E-state index >= 15 is 0 Å². The highest BCUT2D eigenvalue weighted by Crippen LogP contribution is 2.28. The number of benzene rings is 1. The summed E-state index contributed by atoms with van der Waals surface area (Å²) in [5.41, 5.74) is 0. The monoisotopic (exact) mass is 302 g/mol. The van der Waals surface area contributed by atoms with Crippen LogP contribution in [-0.2, 0) is 9.59 Å². The summed E-state index contributed by atoms with van der Waals surface area (Å²) in [6.45, 7) is 1.59. The van der Waals surface area contributed by atoms with E-state index in [4.69, 9.17) is 4.74 Å². The van der Waals surface area contributed by atoms with Crippen molar-refractivity contribution in [3.05, 3.63) is 30.3 Å². The highest BCUT2D eigenvalue weighted by atomic mass is 16.5. The molecule has 3 saturated heterocycles. The van der Waals surface area contributed by atoms with Gasteiger partial charge in [-0.15, -0.1) is 0 Å². The number of para-hydroxylation sites is 1. The van der Waals surface area contributed by atoms with Gasteiger partial charge in [-0.05, 0) is 25.0 Å². The van der Waals surface area contributed by atoms with Crippen molar-refractivity contribution < 1.29 is 14.3 Å². The normalized spacial score (nSPS) is 24.3. The molecule has 3 aliphatic heterocycles. The van der Waals surface area contributed by atoms with Crippen molar-refractivity contribution in [3.8, 4) is 5.75 Å². The van der Waals surface area contributed by atoms with Crippen LogP contribution in [0.25, 0.3) is 0 Å². The number of hydrogen-bond donors (Lipinski definition) is 0. The molecule has 118 valence electrons. The second-order valence-corrected chi connectivity index (χ2v) is 6.09. The molecule has 1 aromatic carbocycles. The molecule has 2 amide bonds. The third kappa shape index (κ3) is 3.08.